The largest absolute Gasteiger partial charge is 0.507 e. The first-order valence-electron chi connectivity index (χ1n) is 5.35. The molecule has 1 aromatic carbocycles. The molecule has 0 heterocycles. The zero-order chi connectivity index (χ0) is 13.1. The Hall–Kier alpha value is -1.26. The van der Waals surface area contributed by atoms with Gasteiger partial charge in [0.25, 0.3) is 5.91 Å². The predicted molar refractivity (Wildman–Crippen MR) is 66.4 cm³/mol. The van der Waals surface area contributed by atoms with Gasteiger partial charge in [-0.2, -0.15) is 0 Å². The molecule has 1 aromatic rings. The number of halogens is 1. The molecule has 0 aliphatic rings. The number of nitrogens with one attached hydrogen (secondary N) is 1. The van der Waals surface area contributed by atoms with Crippen molar-refractivity contribution >= 4 is 17.5 Å². The van der Waals surface area contributed by atoms with Gasteiger partial charge in [-0.1, -0.05) is 18.5 Å². The van der Waals surface area contributed by atoms with Crippen LogP contribution in [0.4, 0.5) is 0 Å². The van der Waals surface area contributed by atoms with Crippen molar-refractivity contribution in [2.24, 2.45) is 0 Å². The van der Waals surface area contributed by atoms with Crippen LogP contribution in [-0.4, -0.2) is 28.3 Å². The van der Waals surface area contributed by atoms with Crippen LogP contribution in [0.25, 0.3) is 0 Å². The van der Waals surface area contributed by atoms with E-state index >= 15 is 0 Å². The van der Waals surface area contributed by atoms with Crippen LogP contribution in [0, 0.1) is 0 Å². The number of carbonyl (C=O) groups excluding carboxylic acids is 1. The van der Waals surface area contributed by atoms with Crippen LogP contribution >= 0.6 is 11.6 Å². The van der Waals surface area contributed by atoms with E-state index < -0.39 is 11.5 Å². The third-order valence-electron chi connectivity index (χ3n) is 2.59. The van der Waals surface area contributed by atoms with Crippen LogP contribution in [-0.2, 0) is 0 Å². The quantitative estimate of drug-likeness (QED) is 0.772. The summed E-state index contributed by atoms with van der Waals surface area (Å²) in [6.07, 6.45) is 0.523. The molecule has 0 aliphatic heterocycles. The van der Waals surface area contributed by atoms with Crippen LogP contribution < -0.4 is 5.32 Å². The van der Waals surface area contributed by atoms with Crippen molar-refractivity contribution in [2.75, 3.05) is 6.54 Å². The molecule has 0 aliphatic carbocycles. The van der Waals surface area contributed by atoms with E-state index in [0.717, 1.165) is 0 Å². The molecule has 5 heteroatoms. The van der Waals surface area contributed by atoms with Gasteiger partial charge in [-0.25, -0.2) is 0 Å². The summed E-state index contributed by atoms with van der Waals surface area (Å²) in [5.41, 5.74) is -0.853. The Bertz CT molecular complexity index is 418. The summed E-state index contributed by atoms with van der Waals surface area (Å²) in [6.45, 7) is 3.57. The minimum Gasteiger partial charge on any atom is -0.507 e. The molecule has 4 nitrogen and oxygen atoms in total. The number of hydrogen-bond acceptors (Lipinski definition) is 3. The van der Waals surface area contributed by atoms with E-state index in [4.69, 9.17) is 11.6 Å². The van der Waals surface area contributed by atoms with Crippen LogP contribution in [0.2, 0.25) is 5.02 Å². The van der Waals surface area contributed by atoms with E-state index in [1.807, 2.05) is 6.92 Å². The highest BCUT2D eigenvalue weighted by Gasteiger charge is 2.20. The third-order valence-corrected chi connectivity index (χ3v) is 2.83. The highest BCUT2D eigenvalue weighted by Crippen LogP contribution is 2.21. The second-order valence-corrected chi connectivity index (χ2v) is 4.63. The number of carbonyl (C=O) groups is 1. The van der Waals surface area contributed by atoms with Gasteiger partial charge >= 0.3 is 0 Å². The SMILES string of the molecule is CC[C@](C)(O)CNC(=O)c1cc(Cl)ccc1O. The Balaban J connectivity index is 2.74. The first kappa shape index (κ1) is 13.8. The lowest BCUT2D eigenvalue weighted by molar-refractivity contribution is 0.0517. The maximum absolute atomic E-state index is 11.7. The van der Waals surface area contributed by atoms with Crippen LogP contribution in [0.1, 0.15) is 30.6 Å². The molecule has 3 N–H and O–H groups in total. The van der Waals surface area contributed by atoms with E-state index in [1.165, 1.54) is 18.2 Å². The van der Waals surface area contributed by atoms with Crippen LogP contribution in [0.15, 0.2) is 18.2 Å². The second-order valence-electron chi connectivity index (χ2n) is 4.19. The monoisotopic (exact) mass is 257 g/mol. The molecule has 0 bridgehead atoms. The number of rotatable bonds is 4. The van der Waals surface area contributed by atoms with Gasteiger partial charge in [0.1, 0.15) is 5.75 Å². The van der Waals surface area contributed by atoms with Crippen molar-refractivity contribution in [1.82, 2.24) is 5.32 Å². The number of aromatic hydroxyl groups is 1. The molecular formula is C12H16ClNO3. The summed E-state index contributed by atoms with van der Waals surface area (Å²) < 4.78 is 0. The number of phenolic OH excluding ortho intramolecular Hbond substituents is 1. The van der Waals surface area contributed by atoms with E-state index in [0.29, 0.717) is 11.4 Å². The average molecular weight is 258 g/mol. The highest BCUT2D eigenvalue weighted by atomic mass is 35.5. The maximum Gasteiger partial charge on any atom is 0.255 e. The summed E-state index contributed by atoms with van der Waals surface area (Å²) in [5, 5.41) is 22.2. The zero-order valence-corrected chi connectivity index (χ0v) is 10.6. The topological polar surface area (TPSA) is 69.6 Å². The molecule has 17 heavy (non-hydrogen) atoms. The third kappa shape index (κ3) is 3.91. The second kappa shape index (κ2) is 5.38. The normalized spacial score (nSPS) is 14.1. The standard InChI is InChI=1S/C12H16ClNO3/c1-3-12(2,17)7-14-11(16)9-6-8(13)4-5-10(9)15/h4-6,15,17H,3,7H2,1-2H3,(H,14,16)/t12-/m0/s1. The first-order chi connectivity index (χ1) is 7.85. The van der Waals surface area contributed by atoms with Crippen LogP contribution in [0.3, 0.4) is 0 Å². The first-order valence-corrected chi connectivity index (χ1v) is 5.72. The lowest BCUT2D eigenvalue weighted by atomic mass is 10.0. The predicted octanol–water partition coefficient (Wildman–Crippen LogP) is 1.94. The smallest absolute Gasteiger partial charge is 0.255 e. The molecule has 0 fully saturated rings. The van der Waals surface area contributed by atoms with Gasteiger partial charge in [-0.15, -0.1) is 0 Å². The molecule has 94 valence electrons. The van der Waals surface area contributed by atoms with Crippen molar-refractivity contribution in [2.45, 2.75) is 25.9 Å². The number of amides is 1. The minimum absolute atomic E-state index is 0.101. The zero-order valence-electron chi connectivity index (χ0n) is 9.83. The summed E-state index contributed by atoms with van der Waals surface area (Å²) >= 11 is 5.74. The molecule has 0 saturated carbocycles. The fraction of sp³-hybridized carbons (Fsp3) is 0.417. The molecule has 0 unspecified atom stereocenters. The minimum atomic E-state index is -0.955. The number of phenols is 1. The van der Waals surface area contributed by atoms with Gasteiger partial charge in [-0.3, -0.25) is 4.79 Å². The van der Waals surface area contributed by atoms with Gasteiger partial charge < -0.3 is 15.5 Å². The lowest BCUT2D eigenvalue weighted by Crippen LogP contribution is -2.40. The van der Waals surface area contributed by atoms with E-state index in [1.54, 1.807) is 6.92 Å². The Morgan fingerprint density at radius 1 is 1.53 bits per heavy atom. The Morgan fingerprint density at radius 3 is 2.76 bits per heavy atom. The fourth-order valence-corrected chi connectivity index (χ4v) is 1.35. The van der Waals surface area contributed by atoms with E-state index in [2.05, 4.69) is 5.32 Å². The Morgan fingerprint density at radius 2 is 2.18 bits per heavy atom. The van der Waals surface area contributed by atoms with Gasteiger partial charge in [0, 0.05) is 11.6 Å². The Kier molecular flexibility index (Phi) is 4.37. The lowest BCUT2D eigenvalue weighted by Gasteiger charge is -2.21. The van der Waals surface area contributed by atoms with E-state index in [9.17, 15) is 15.0 Å². The van der Waals surface area contributed by atoms with Gasteiger partial charge in [0.15, 0.2) is 0 Å². The highest BCUT2D eigenvalue weighted by molar-refractivity contribution is 6.31. The molecule has 0 radical (unpaired) electrons. The molecule has 0 aromatic heterocycles. The van der Waals surface area contributed by atoms with Crippen molar-refractivity contribution in [3.05, 3.63) is 28.8 Å². The van der Waals surface area contributed by atoms with Crippen molar-refractivity contribution < 1.29 is 15.0 Å². The van der Waals surface area contributed by atoms with Crippen LogP contribution in [0.5, 0.6) is 5.75 Å². The molecule has 1 atom stereocenters. The summed E-state index contributed by atoms with van der Waals surface area (Å²) in [7, 11) is 0. The Labute approximate surface area is 105 Å². The summed E-state index contributed by atoms with van der Waals surface area (Å²) in [4.78, 5) is 11.7. The maximum atomic E-state index is 11.7. The number of aliphatic hydroxyl groups is 1. The molecule has 1 amide bonds. The average Bonchev–Trinajstić information content (AvgIpc) is 2.29. The number of benzene rings is 1. The number of hydrogen-bond donors (Lipinski definition) is 3. The van der Waals surface area contributed by atoms with Gasteiger partial charge in [-0.05, 0) is 31.5 Å². The fourth-order valence-electron chi connectivity index (χ4n) is 1.18. The van der Waals surface area contributed by atoms with Crippen molar-refractivity contribution in [3.63, 3.8) is 0 Å². The van der Waals surface area contributed by atoms with Crippen molar-refractivity contribution in [3.8, 4) is 5.75 Å². The van der Waals surface area contributed by atoms with Gasteiger partial charge in [0.2, 0.25) is 0 Å². The summed E-state index contributed by atoms with van der Waals surface area (Å²) in [5.74, 6) is -0.596. The molecule has 1 rings (SSSR count). The van der Waals surface area contributed by atoms with Gasteiger partial charge in [0.05, 0.1) is 11.2 Å². The molecular weight excluding hydrogens is 242 g/mol. The van der Waals surface area contributed by atoms with Crippen molar-refractivity contribution in [1.29, 1.82) is 0 Å². The summed E-state index contributed by atoms with van der Waals surface area (Å²) in [6, 6.07) is 4.23. The molecule has 0 spiro atoms. The molecule has 0 saturated heterocycles. The van der Waals surface area contributed by atoms with E-state index in [-0.39, 0.29) is 17.9 Å².